The van der Waals surface area contributed by atoms with Crippen LogP contribution in [0.5, 0.6) is 0 Å². The molecule has 358 valence electrons. The van der Waals surface area contributed by atoms with E-state index in [2.05, 4.69) is 138 Å². The zero-order valence-corrected chi connectivity index (χ0v) is 44.9. The van der Waals surface area contributed by atoms with E-state index in [1.807, 2.05) is 0 Å². The van der Waals surface area contributed by atoms with Gasteiger partial charge in [-0.25, -0.2) is 0 Å². The fourth-order valence-corrected chi connectivity index (χ4v) is 13.3. The SMILES string of the molecule is C=C(C)C1CCC(C)CC1C.CC1CC(C)CC(O)C1.CC1CCC(C(C)C)C(C)C1.CC1CCC(C(C)C)C(C)C1.CC1CCC(C)C(C)C1.CC1CCCC(C)C1C. The molecule has 0 aromatic carbocycles. The van der Waals surface area contributed by atoms with E-state index in [-0.39, 0.29) is 6.10 Å². The summed E-state index contributed by atoms with van der Waals surface area (Å²) in [4.78, 5) is 0. The third-order valence-corrected chi connectivity index (χ3v) is 17.9. The molecule has 0 bridgehead atoms. The molecule has 16 unspecified atom stereocenters. The van der Waals surface area contributed by atoms with Crippen molar-refractivity contribution < 1.29 is 5.11 Å². The maximum absolute atomic E-state index is 9.25. The summed E-state index contributed by atoms with van der Waals surface area (Å²) in [6, 6.07) is 0. The van der Waals surface area contributed by atoms with Crippen LogP contribution in [0.25, 0.3) is 0 Å². The minimum absolute atomic E-state index is 0.0104. The Bertz CT molecular complexity index is 1010. The van der Waals surface area contributed by atoms with Crippen LogP contribution in [-0.2, 0) is 0 Å². The first-order valence-electron chi connectivity index (χ1n) is 27.3. The van der Waals surface area contributed by atoms with Gasteiger partial charge in [0.25, 0.3) is 0 Å². The monoisotopic (exact) mass is 841 g/mol. The van der Waals surface area contributed by atoms with Crippen molar-refractivity contribution in [2.24, 2.45) is 112 Å². The molecule has 1 nitrogen and oxygen atoms in total. The predicted molar refractivity (Wildman–Crippen MR) is 272 cm³/mol. The molecule has 1 heteroatoms. The van der Waals surface area contributed by atoms with Gasteiger partial charge in [0.1, 0.15) is 0 Å². The predicted octanol–water partition coefficient (Wildman–Crippen LogP) is 19.0. The molecule has 6 aliphatic rings. The second-order valence-corrected chi connectivity index (χ2v) is 25.1. The molecule has 0 heterocycles. The van der Waals surface area contributed by atoms with Crippen molar-refractivity contribution in [1.82, 2.24) is 0 Å². The summed E-state index contributed by atoms with van der Waals surface area (Å²) >= 11 is 0. The van der Waals surface area contributed by atoms with Gasteiger partial charge < -0.3 is 5.11 Å². The molecular weight excluding hydrogens is 725 g/mol. The molecule has 0 aromatic rings. The van der Waals surface area contributed by atoms with E-state index in [9.17, 15) is 5.11 Å². The van der Waals surface area contributed by atoms with Crippen LogP contribution in [0.15, 0.2) is 12.2 Å². The van der Waals surface area contributed by atoms with E-state index in [0.717, 1.165) is 125 Å². The largest absolute Gasteiger partial charge is 0.393 e. The normalized spacial score (nSPS) is 41.8. The maximum Gasteiger partial charge on any atom is 0.0545 e. The molecule has 0 radical (unpaired) electrons. The van der Waals surface area contributed by atoms with E-state index in [1.54, 1.807) is 0 Å². The van der Waals surface area contributed by atoms with Gasteiger partial charge in [0.15, 0.2) is 0 Å². The van der Waals surface area contributed by atoms with Gasteiger partial charge in [-0.15, -0.1) is 0 Å². The van der Waals surface area contributed by atoms with Crippen molar-refractivity contribution in [3.8, 4) is 0 Å². The van der Waals surface area contributed by atoms with Gasteiger partial charge in [0, 0.05) is 0 Å². The van der Waals surface area contributed by atoms with Crippen LogP contribution in [0.2, 0.25) is 0 Å². The van der Waals surface area contributed by atoms with Gasteiger partial charge in [0.2, 0.25) is 0 Å². The van der Waals surface area contributed by atoms with Crippen LogP contribution < -0.4 is 0 Å². The molecule has 0 amide bonds. The summed E-state index contributed by atoms with van der Waals surface area (Å²) in [6.07, 6.45) is 25.1. The summed E-state index contributed by atoms with van der Waals surface area (Å²) < 4.78 is 0. The van der Waals surface area contributed by atoms with Gasteiger partial charge in [-0.2, -0.15) is 0 Å². The molecule has 0 aliphatic heterocycles. The smallest absolute Gasteiger partial charge is 0.0545 e. The summed E-state index contributed by atoms with van der Waals surface area (Å²) in [5, 5.41) is 9.25. The van der Waals surface area contributed by atoms with Crippen LogP contribution in [0.4, 0.5) is 0 Å². The van der Waals surface area contributed by atoms with E-state index in [0.29, 0.717) is 0 Å². The van der Waals surface area contributed by atoms with Crippen LogP contribution in [0, 0.1) is 112 Å². The topological polar surface area (TPSA) is 20.2 Å². The summed E-state index contributed by atoms with van der Waals surface area (Å²) in [5.41, 5.74) is 1.39. The maximum atomic E-state index is 9.25. The molecule has 6 rings (SSSR count). The number of hydrogen-bond acceptors (Lipinski definition) is 1. The zero-order valence-electron chi connectivity index (χ0n) is 44.9. The highest BCUT2D eigenvalue weighted by molar-refractivity contribution is 5.00. The summed E-state index contributed by atoms with van der Waals surface area (Å²) in [5.74, 6) is 17.7. The van der Waals surface area contributed by atoms with Crippen LogP contribution in [-0.4, -0.2) is 11.2 Å². The Labute approximate surface area is 381 Å². The Balaban J connectivity index is 0.000000361. The van der Waals surface area contributed by atoms with E-state index < -0.39 is 0 Å². The molecule has 0 saturated heterocycles. The highest BCUT2D eigenvalue weighted by Gasteiger charge is 2.29. The van der Waals surface area contributed by atoms with E-state index >= 15 is 0 Å². The minimum atomic E-state index is -0.0104. The molecule has 60 heavy (non-hydrogen) atoms. The van der Waals surface area contributed by atoms with Gasteiger partial charge in [0.05, 0.1) is 6.10 Å². The summed E-state index contributed by atoms with van der Waals surface area (Å²) in [7, 11) is 0. The highest BCUT2D eigenvalue weighted by atomic mass is 16.3. The average molecular weight is 842 g/mol. The van der Waals surface area contributed by atoms with Gasteiger partial charge in [-0.3, -0.25) is 0 Å². The molecule has 0 spiro atoms. The average Bonchev–Trinajstić information content (AvgIpc) is 3.12. The van der Waals surface area contributed by atoms with Crippen molar-refractivity contribution in [1.29, 1.82) is 0 Å². The Morgan fingerprint density at radius 2 is 0.750 bits per heavy atom. The van der Waals surface area contributed by atoms with Crippen molar-refractivity contribution in [3.63, 3.8) is 0 Å². The Morgan fingerprint density at radius 1 is 0.383 bits per heavy atom. The zero-order chi connectivity index (χ0) is 45.9. The fourth-order valence-electron chi connectivity index (χ4n) is 13.3. The molecule has 1 N–H and O–H groups in total. The van der Waals surface area contributed by atoms with E-state index in [1.165, 1.54) is 108 Å². The summed E-state index contributed by atoms with van der Waals surface area (Å²) in [6.45, 7) is 48.9. The Hall–Kier alpha value is -0.300. The lowest BCUT2D eigenvalue weighted by Gasteiger charge is -2.35. The number of aliphatic hydroxyl groups is 1. The van der Waals surface area contributed by atoms with Crippen LogP contribution >= 0.6 is 0 Å². The second kappa shape index (κ2) is 30.0. The Kier molecular flexibility index (Phi) is 28.9. The number of aliphatic hydroxyl groups excluding tert-OH is 1. The van der Waals surface area contributed by atoms with Gasteiger partial charge >= 0.3 is 0 Å². The van der Waals surface area contributed by atoms with Gasteiger partial charge in [-0.05, 0) is 184 Å². The first-order chi connectivity index (χ1) is 27.9. The first kappa shape index (κ1) is 57.7. The molecule has 6 aliphatic carbocycles. The third kappa shape index (κ3) is 23.1. The number of allylic oxidation sites excluding steroid dienone is 1. The fraction of sp³-hybridized carbons (Fsp3) is 0.966. The quantitative estimate of drug-likeness (QED) is 0.281. The molecule has 6 saturated carbocycles. The standard InChI is InChI=1S/2C11H22.C11H20.2C9H18.C8H16O/c3*1-8(2)11-6-5-9(3)7-10(11)4;1-7-4-5-8(2)9(3)6-7;1-7-5-4-6-8(2)9(7)3;1-6-3-7(2)5-8(9)4-6/h2*8-11H,5-7H2,1-4H3;9-11H,1,5-7H2,2-4H3;2*7-9H,4-6H2,1-3H3;6-9H,3-5H2,1-2H3. The first-order valence-corrected chi connectivity index (χ1v) is 27.3. The molecule has 6 fully saturated rings. The van der Waals surface area contributed by atoms with E-state index in [4.69, 9.17) is 0 Å². The van der Waals surface area contributed by atoms with Crippen LogP contribution in [0.1, 0.15) is 247 Å². The lowest BCUT2D eigenvalue weighted by molar-refractivity contribution is 0.0804. The number of rotatable bonds is 3. The van der Waals surface area contributed by atoms with Crippen molar-refractivity contribution in [2.75, 3.05) is 0 Å². The molecular formula is C59H116O. The highest BCUT2D eigenvalue weighted by Crippen LogP contribution is 2.40. The minimum Gasteiger partial charge on any atom is -0.393 e. The lowest BCUT2D eigenvalue weighted by atomic mass is 9.71. The van der Waals surface area contributed by atoms with Crippen LogP contribution in [0.3, 0.4) is 0 Å². The lowest BCUT2D eigenvalue weighted by Crippen LogP contribution is -2.25. The third-order valence-electron chi connectivity index (χ3n) is 17.9. The van der Waals surface area contributed by atoms with Crippen molar-refractivity contribution >= 4 is 0 Å². The Morgan fingerprint density at radius 3 is 1.05 bits per heavy atom. The van der Waals surface area contributed by atoms with Crippen molar-refractivity contribution in [3.05, 3.63) is 12.2 Å². The number of hydrogen-bond donors (Lipinski definition) is 1. The second-order valence-electron chi connectivity index (χ2n) is 25.1. The van der Waals surface area contributed by atoms with Crippen molar-refractivity contribution in [2.45, 2.75) is 253 Å². The molecule has 0 aromatic heterocycles. The molecule has 16 atom stereocenters. The van der Waals surface area contributed by atoms with Gasteiger partial charge in [-0.1, -0.05) is 188 Å².